The van der Waals surface area contributed by atoms with Gasteiger partial charge >= 0.3 is 0 Å². The van der Waals surface area contributed by atoms with E-state index in [0.717, 1.165) is 10.0 Å². The van der Waals surface area contributed by atoms with E-state index in [1.807, 2.05) is 24.3 Å². The third kappa shape index (κ3) is 2.78. The lowest BCUT2D eigenvalue weighted by Crippen LogP contribution is -2.17. The predicted octanol–water partition coefficient (Wildman–Crippen LogP) is 3.05. The van der Waals surface area contributed by atoms with Gasteiger partial charge in [-0.1, -0.05) is 28.1 Å². The Kier molecular flexibility index (Phi) is 4.02. The summed E-state index contributed by atoms with van der Waals surface area (Å²) in [6.45, 7) is 0. The van der Waals surface area contributed by atoms with Crippen LogP contribution in [0.1, 0.15) is 5.56 Å². The number of hydrogen-bond acceptors (Lipinski definition) is 4. The van der Waals surface area contributed by atoms with Crippen LogP contribution >= 0.6 is 15.9 Å². The SMILES string of the molecule is COc1ccc(Br)cc1/C=N/n1cnc2ccccc2c1=O. The van der Waals surface area contributed by atoms with Crippen molar-refractivity contribution < 1.29 is 4.74 Å². The second kappa shape index (κ2) is 6.11. The van der Waals surface area contributed by atoms with Crippen LogP contribution in [0.25, 0.3) is 10.9 Å². The van der Waals surface area contributed by atoms with Crippen LogP contribution in [0, 0.1) is 0 Å². The molecule has 0 fully saturated rings. The minimum atomic E-state index is -0.212. The van der Waals surface area contributed by atoms with Crippen molar-refractivity contribution in [2.75, 3.05) is 7.11 Å². The minimum absolute atomic E-state index is 0.212. The highest BCUT2D eigenvalue weighted by Crippen LogP contribution is 2.21. The monoisotopic (exact) mass is 357 g/mol. The highest BCUT2D eigenvalue weighted by atomic mass is 79.9. The number of methoxy groups -OCH3 is 1. The standard InChI is InChI=1S/C16H12BrN3O2/c1-22-15-7-6-12(17)8-11(15)9-19-20-10-18-14-5-3-2-4-13(14)16(20)21/h2-10H,1H3/b19-9+. The Morgan fingerprint density at radius 1 is 1.27 bits per heavy atom. The van der Waals surface area contributed by atoms with Crippen molar-refractivity contribution in [2.45, 2.75) is 0 Å². The quantitative estimate of drug-likeness (QED) is 0.677. The first-order valence-corrected chi connectivity index (χ1v) is 7.32. The lowest BCUT2D eigenvalue weighted by Gasteiger charge is -2.05. The van der Waals surface area contributed by atoms with Gasteiger partial charge in [-0.25, -0.2) is 4.98 Å². The van der Waals surface area contributed by atoms with Gasteiger partial charge in [-0.2, -0.15) is 9.78 Å². The van der Waals surface area contributed by atoms with E-state index in [2.05, 4.69) is 26.0 Å². The molecule has 1 heterocycles. The van der Waals surface area contributed by atoms with Crippen molar-refractivity contribution in [3.63, 3.8) is 0 Å². The van der Waals surface area contributed by atoms with E-state index in [9.17, 15) is 4.79 Å². The molecule has 1 aromatic heterocycles. The molecule has 3 aromatic rings. The average Bonchev–Trinajstić information content (AvgIpc) is 2.55. The molecule has 0 aliphatic rings. The number of nitrogens with zero attached hydrogens (tertiary/aromatic N) is 3. The van der Waals surface area contributed by atoms with E-state index < -0.39 is 0 Å². The van der Waals surface area contributed by atoms with E-state index in [1.54, 1.807) is 31.5 Å². The van der Waals surface area contributed by atoms with Crippen LogP contribution in [0.5, 0.6) is 5.75 Å². The van der Waals surface area contributed by atoms with E-state index in [1.165, 1.54) is 11.0 Å². The zero-order chi connectivity index (χ0) is 15.5. The topological polar surface area (TPSA) is 56.5 Å². The van der Waals surface area contributed by atoms with Crippen LogP contribution < -0.4 is 10.3 Å². The van der Waals surface area contributed by atoms with Gasteiger partial charge in [-0.15, -0.1) is 0 Å². The Hall–Kier alpha value is -2.47. The van der Waals surface area contributed by atoms with Gasteiger partial charge in [-0.05, 0) is 30.3 Å². The normalized spacial score (nSPS) is 11.2. The van der Waals surface area contributed by atoms with Crippen LogP contribution in [-0.4, -0.2) is 23.0 Å². The third-order valence-corrected chi connectivity index (χ3v) is 3.65. The van der Waals surface area contributed by atoms with Crippen molar-refractivity contribution in [2.24, 2.45) is 5.10 Å². The largest absolute Gasteiger partial charge is 0.496 e. The second-order valence-electron chi connectivity index (χ2n) is 4.54. The summed E-state index contributed by atoms with van der Waals surface area (Å²) in [7, 11) is 1.59. The first kappa shape index (κ1) is 14.5. The number of ether oxygens (including phenoxy) is 1. The van der Waals surface area contributed by atoms with Crippen LogP contribution in [0.3, 0.4) is 0 Å². The van der Waals surface area contributed by atoms with Crippen LogP contribution in [0.2, 0.25) is 0 Å². The highest BCUT2D eigenvalue weighted by molar-refractivity contribution is 9.10. The third-order valence-electron chi connectivity index (χ3n) is 3.16. The molecule has 5 nitrogen and oxygen atoms in total. The average molecular weight is 358 g/mol. The lowest BCUT2D eigenvalue weighted by molar-refractivity contribution is 0.414. The molecule has 3 rings (SSSR count). The molecule has 0 unspecified atom stereocenters. The highest BCUT2D eigenvalue weighted by Gasteiger charge is 2.03. The van der Waals surface area contributed by atoms with E-state index in [-0.39, 0.29) is 5.56 Å². The molecular formula is C16H12BrN3O2. The van der Waals surface area contributed by atoms with Gasteiger partial charge in [-0.3, -0.25) is 4.79 Å². The number of hydrogen-bond donors (Lipinski definition) is 0. The van der Waals surface area contributed by atoms with Crippen LogP contribution in [0.4, 0.5) is 0 Å². The summed E-state index contributed by atoms with van der Waals surface area (Å²) in [5.74, 6) is 0.675. The van der Waals surface area contributed by atoms with Crippen molar-refractivity contribution in [3.8, 4) is 5.75 Å². The summed E-state index contributed by atoms with van der Waals surface area (Å²) in [5, 5.41) is 4.72. The fourth-order valence-electron chi connectivity index (χ4n) is 2.07. The first-order chi connectivity index (χ1) is 10.7. The predicted molar refractivity (Wildman–Crippen MR) is 89.7 cm³/mol. The summed E-state index contributed by atoms with van der Waals surface area (Å²) < 4.78 is 7.39. The van der Waals surface area contributed by atoms with E-state index in [4.69, 9.17) is 4.74 Å². The van der Waals surface area contributed by atoms with Crippen LogP contribution in [0.15, 0.2) is 63.2 Å². The van der Waals surface area contributed by atoms with Gasteiger partial charge in [0.2, 0.25) is 0 Å². The lowest BCUT2D eigenvalue weighted by atomic mass is 10.2. The van der Waals surface area contributed by atoms with Gasteiger partial charge in [0.05, 0.1) is 24.2 Å². The Bertz CT molecular complexity index is 919. The number of benzene rings is 2. The molecule has 0 aliphatic heterocycles. The molecule has 0 spiro atoms. The van der Waals surface area contributed by atoms with Crippen molar-refractivity contribution >= 4 is 33.0 Å². The van der Waals surface area contributed by atoms with Gasteiger partial charge in [0.1, 0.15) is 12.1 Å². The zero-order valence-electron chi connectivity index (χ0n) is 11.7. The maximum absolute atomic E-state index is 12.3. The van der Waals surface area contributed by atoms with Gasteiger partial charge in [0.25, 0.3) is 5.56 Å². The maximum atomic E-state index is 12.3. The molecule has 6 heteroatoms. The van der Waals surface area contributed by atoms with E-state index >= 15 is 0 Å². The molecule has 0 saturated carbocycles. The fourth-order valence-corrected chi connectivity index (χ4v) is 2.45. The Balaban J connectivity index is 2.05. The number of para-hydroxylation sites is 1. The molecule has 0 atom stereocenters. The van der Waals surface area contributed by atoms with Crippen molar-refractivity contribution in [3.05, 3.63) is 69.2 Å². The van der Waals surface area contributed by atoms with Gasteiger partial charge < -0.3 is 4.74 Å². The second-order valence-corrected chi connectivity index (χ2v) is 5.46. The molecule has 110 valence electrons. The molecule has 22 heavy (non-hydrogen) atoms. The number of rotatable bonds is 3. The summed E-state index contributed by atoms with van der Waals surface area (Å²) in [6, 6.07) is 12.7. The van der Waals surface area contributed by atoms with Gasteiger partial charge in [0.15, 0.2) is 0 Å². The van der Waals surface area contributed by atoms with Crippen molar-refractivity contribution in [1.29, 1.82) is 0 Å². The Morgan fingerprint density at radius 2 is 2.09 bits per heavy atom. The summed E-state index contributed by atoms with van der Waals surface area (Å²) in [6.07, 6.45) is 2.98. The number of aromatic nitrogens is 2. The van der Waals surface area contributed by atoms with Crippen LogP contribution in [-0.2, 0) is 0 Å². The molecule has 0 amide bonds. The molecule has 0 bridgehead atoms. The molecule has 0 saturated heterocycles. The summed E-state index contributed by atoms with van der Waals surface area (Å²) in [4.78, 5) is 16.6. The van der Waals surface area contributed by atoms with E-state index in [0.29, 0.717) is 16.7 Å². The molecule has 0 N–H and O–H groups in total. The Morgan fingerprint density at radius 3 is 2.91 bits per heavy atom. The molecule has 0 radical (unpaired) electrons. The summed E-state index contributed by atoms with van der Waals surface area (Å²) in [5.41, 5.74) is 1.20. The Labute approximate surface area is 135 Å². The number of fused-ring (bicyclic) bond motifs is 1. The molecule has 2 aromatic carbocycles. The zero-order valence-corrected chi connectivity index (χ0v) is 13.3. The first-order valence-electron chi connectivity index (χ1n) is 6.53. The molecule has 0 aliphatic carbocycles. The number of halogens is 1. The smallest absolute Gasteiger partial charge is 0.281 e. The summed E-state index contributed by atoms with van der Waals surface area (Å²) >= 11 is 3.40. The maximum Gasteiger partial charge on any atom is 0.281 e. The minimum Gasteiger partial charge on any atom is -0.496 e. The van der Waals surface area contributed by atoms with Crippen molar-refractivity contribution in [1.82, 2.24) is 9.66 Å². The fraction of sp³-hybridized carbons (Fsp3) is 0.0625. The molecular weight excluding hydrogens is 346 g/mol. The van der Waals surface area contributed by atoms with Gasteiger partial charge in [0, 0.05) is 10.0 Å².